The highest BCUT2D eigenvalue weighted by Gasteiger charge is 2.30. The van der Waals surface area contributed by atoms with Gasteiger partial charge in [-0.2, -0.15) is 0 Å². The van der Waals surface area contributed by atoms with Crippen molar-refractivity contribution in [3.63, 3.8) is 0 Å². The predicted molar refractivity (Wildman–Crippen MR) is 93.6 cm³/mol. The van der Waals surface area contributed by atoms with E-state index >= 15 is 0 Å². The Hall–Kier alpha value is -1.60. The van der Waals surface area contributed by atoms with Crippen LogP contribution in [0.3, 0.4) is 0 Å². The Morgan fingerprint density at radius 1 is 1.21 bits per heavy atom. The molecule has 6 nitrogen and oxygen atoms in total. The fraction of sp³-hybridized carbons (Fsp3) is 0.588. The second-order valence-electron chi connectivity index (χ2n) is 6.56. The Morgan fingerprint density at radius 2 is 1.79 bits per heavy atom. The molecule has 1 N–H and O–H groups in total. The maximum Gasteiger partial charge on any atom is 0.251 e. The molecule has 1 aromatic rings. The lowest BCUT2D eigenvalue weighted by molar-refractivity contribution is 0.0956. The molecule has 7 heteroatoms. The maximum absolute atomic E-state index is 12.4. The molecule has 1 aliphatic rings. The summed E-state index contributed by atoms with van der Waals surface area (Å²) in [5.74, 6) is 1.06. The fourth-order valence-electron chi connectivity index (χ4n) is 3.10. The van der Waals surface area contributed by atoms with Crippen molar-refractivity contribution in [2.45, 2.75) is 20.3 Å². The molecule has 0 bridgehead atoms. The average Bonchev–Trinajstić information content (AvgIpc) is 2.53. The molecule has 0 aromatic heterocycles. The minimum atomic E-state index is -3.34. The number of amides is 1. The van der Waals surface area contributed by atoms with Gasteiger partial charge in [0.15, 0.2) is 0 Å². The number of hydrogen-bond acceptors (Lipinski definition) is 4. The van der Waals surface area contributed by atoms with Crippen LogP contribution >= 0.6 is 0 Å². The third-order valence-corrected chi connectivity index (χ3v) is 6.03. The van der Waals surface area contributed by atoms with Crippen LogP contribution < -0.4 is 10.1 Å². The van der Waals surface area contributed by atoms with E-state index in [0.717, 1.165) is 6.42 Å². The number of piperidine rings is 1. The minimum absolute atomic E-state index is 0.0751. The van der Waals surface area contributed by atoms with E-state index in [0.29, 0.717) is 36.2 Å². The van der Waals surface area contributed by atoms with Crippen molar-refractivity contribution >= 4 is 15.9 Å². The Morgan fingerprint density at radius 3 is 2.33 bits per heavy atom. The highest BCUT2D eigenvalue weighted by molar-refractivity contribution is 7.89. The van der Waals surface area contributed by atoms with E-state index in [9.17, 15) is 13.2 Å². The first-order chi connectivity index (χ1) is 11.3. The third kappa shape index (κ3) is 4.95. The summed E-state index contributed by atoms with van der Waals surface area (Å²) in [6.45, 7) is 5.39. The number of rotatable bonds is 6. The van der Waals surface area contributed by atoms with Gasteiger partial charge in [-0.05, 0) is 42.5 Å². The van der Waals surface area contributed by atoms with Gasteiger partial charge in [0, 0.05) is 25.2 Å². The lowest BCUT2D eigenvalue weighted by atomic mass is 9.94. The zero-order valence-corrected chi connectivity index (χ0v) is 15.3. The molecular formula is C17H26N2O4S. The minimum Gasteiger partial charge on any atom is -0.497 e. The summed E-state index contributed by atoms with van der Waals surface area (Å²) in [7, 11) is -1.78. The van der Waals surface area contributed by atoms with Crippen LogP contribution in [0.1, 0.15) is 30.6 Å². The second kappa shape index (κ2) is 7.98. The molecule has 0 saturated carbocycles. The first kappa shape index (κ1) is 18.7. The second-order valence-corrected chi connectivity index (χ2v) is 8.65. The lowest BCUT2D eigenvalue weighted by Crippen LogP contribution is -2.45. The van der Waals surface area contributed by atoms with Crippen LogP contribution in [0, 0.1) is 11.8 Å². The first-order valence-electron chi connectivity index (χ1n) is 8.22. The summed E-state index contributed by atoms with van der Waals surface area (Å²) in [6, 6.07) is 6.69. The van der Waals surface area contributed by atoms with Gasteiger partial charge in [0.1, 0.15) is 5.75 Å². The van der Waals surface area contributed by atoms with Gasteiger partial charge in [-0.1, -0.05) is 13.8 Å². The number of ether oxygens (including phenoxy) is 1. The Bertz CT molecular complexity index is 648. The zero-order chi connectivity index (χ0) is 17.7. The number of nitrogens with one attached hydrogen (secondary N) is 1. The van der Waals surface area contributed by atoms with E-state index in [1.165, 1.54) is 0 Å². The van der Waals surface area contributed by atoms with E-state index in [-0.39, 0.29) is 18.2 Å². The largest absolute Gasteiger partial charge is 0.497 e. The van der Waals surface area contributed by atoms with Crippen molar-refractivity contribution in [1.82, 2.24) is 9.62 Å². The monoisotopic (exact) mass is 354 g/mol. The van der Waals surface area contributed by atoms with Crippen LogP contribution in [0.5, 0.6) is 5.75 Å². The molecule has 2 atom stereocenters. The number of nitrogens with zero attached hydrogens (tertiary/aromatic N) is 1. The molecule has 1 aromatic carbocycles. The van der Waals surface area contributed by atoms with Crippen LogP contribution in [0.15, 0.2) is 24.3 Å². The molecule has 1 heterocycles. The summed E-state index contributed by atoms with van der Waals surface area (Å²) in [5, 5.41) is 2.67. The zero-order valence-electron chi connectivity index (χ0n) is 14.5. The van der Waals surface area contributed by atoms with Crippen LogP contribution in [0.2, 0.25) is 0 Å². The molecule has 24 heavy (non-hydrogen) atoms. The number of methoxy groups -OCH3 is 1. The number of carbonyl (C=O) groups is 1. The predicted octanol–water partition coefficient (Wildman–Crippen LogP) is 1.73. The smallest absolute Gasteiger partial charge is 0.251 e. The highest BCUT2D eigenvalue weighted by Crippen LogP contribution is 2.23. The SMILES string of the molecule is COc1ccc(C(=O)NCCS(=O)(=O)N2CC(C)CC(C)C2)cc1. The van der Waals surface area contributed by atoms with Crippen molar-refractivity contribution in [1.29, 1.82) is 0 Å². The quantitative estimate of drug-likeness (QED) is 0.844. The number of sulfonamides is 1. The van der Waals surface area contributed by atoms with E-state index in [1.54, 1.807) is 35.7 Å². The van der Waals surface area contributed by atoms with E-state index < -0.39 is 10.0 Å². The highest BCUT2D eigenvalue weighted by atomic mass is 32.2. The van der Waals surface area contributed by atoms with Gasteiger partial charge in [0.05, 0.1) is 12.9 Å². The van der Waals surface area contributed by atoms with Gasteiger partial charge in [-0.25, -0.2) is 12.7 Å². The van der Waals surface area contributed by atoms with Gasteiger partial charge in [0.2, 0.25) is 10.0 Å². The average molecular weight is 354 g/mol. The fourth-order valence-corrected chi connectivity index (χ4v) is 4.68. The van der Waals surface area contributed by atoms with Crippen molar-refractivity contribution in [2.75, 3.05) is 32.5 Å². The van der Waals surface area contributed by atoms with Crippen LogP contribution in [-0.2, 0) is 10.0 Å². The van der Waals surface area contributed by atoms with Gasteiger partial charge in [-0.15, -0.1) is 0 Å². The molecule has 0 spiro atoms. The summed E-state index contributed by atoms with van der Waals surface area (Å²) in [5.41, 5.74) is 0.480. The van der Waals surface area contributed by atoms with Crippen molar-refractivity contribution < 1.29 is 17.9 Å². The Kier molecular flexibility index (Phi) is 6.23. The first-order valence-corrected chi connectivity index (χ1v) is 9.83. The molecular weight excluding hydrogens is 328 g/mol. The van der Waals surface area contributed by atoms with Gasteiger partial charge in [0.25, 0.3) is 5.91 Å². The molecule has 1 amide bonds. The number of benzene rings is 1. The van der Waals surface area contributed by atoms with E-state index in [4.69, 9.17) is 4.74 Å². The molecule has 1 aliphatic heterocycles. The molecule has 0 aliphatic carbocycles. The number of hydrogen-bond donors (Lipinski definition) is 1. The summed E-state index contributed by atoms with van der Waals surface area (Å²) in [6.07, 6.45) is 1.06. The van der Waals surface area contributed by atoms with Gasteiger partial charge < -0.3 is 10.1 Å². The Labute approximate surface area is 144 Å². The van der Waals surface area contributed by atoms with Gasteiger partial charge in [-0.3, -0.25) is 4.79 Å². The van der Waals surface area contributed by atoms with Crippen LogP contribution in [0.25, 0.3) is 0 Å². The van der Waals surface area contributed by atoms with Crippen LogP contribution in [0.4, 0.5) is 0 Å². The molecule has 134 valence electrons. The molecule has 2 rings (SSSR count). The molecule has 1 saturated heterocycles. The normalized spacial score (nSPS) is 22.1. The van der Waals surface area contributed by atoms with Crippen LogP contribution in [-0.4, -0.2) is 51.1 Å². The Balaban J connectivity index is 1.86. The van der Waals surface area contributed by atoms with Crippen molar-refractivity contribution in [3.8, 4) is 5.75 Å². The van der Waals surface area contributed by atoms with E-state index in [2.05, 4.69) is 19.2 Å². The van der Waals surface area contributed by atoms with Crippen molar-refractivity contribution in [3.05, 3.63) is 29.8 Å². The topological polar surface area (TPSA) is 75.7 Å². The summed E-state index contributed by atoms with van der Waals surface area (Å²) < 4.78 is 31.5. The molecule has 2 unspecified atom stereocenters. The summed E-state index contributed by atoms with van der Waals surface area (Å²) in [4.78, 5) is 12.1. The van der Waals surface area contributed by atoms with Crippen molar-refractivity contribution in [2.24, 2.45) is 11.8 Å². The van der Waals surface area contributed by atoms with E-state index in [1.807, 2.05) is 0 Å². The standard InChI is InChI=1S/C17H26N2O4S/c1-13-10-14(2)12-19(11-13)24(21,22)9-8-18-17(20)15-4-6-16(23-3)7-5-15/h4-7,13-14H,8-12H2,1-3H3,(H,18,20). The third-order valence-electron chi connectivity index (χ3n) is 4.23. The van der Waals surface area contributed by atoms with Gasteiger partial charge >= 0.3 is 0 Å². The lowest BCUT2D eigenvalue weighted by Gasteiger charge is -2.34. The number of carbonyl (C=O) groups excluding carboxylic acids is 1. The molecule has 1 fully saturated rings. The summed E-state index contributed by atoms with van der Waals surface area (Å²) >= 11 is 0. The maximum atomic E-state index is 12.4. The molecule has 0 radical (unpaired) electrons.